The zero-order valence-corrected chi connectivity index (χ0v) is 23.9. The van der Waals surface area contributed by atoms with E-state index in [1.54, 1.807) is 22.6 Å². The lowest BCUT2D eigenvalue weighted by molar-refractivity contribution is -0.118. The van der Waals surface area contributed by atoms with E-state index in [2.05, 4.69) is 15.2 Å². The van der Waals surface area contributed by atoms with Crippen LogP contribution in [0.3, 0.4) is 0 Å². The third-order valence-corrected chi connectivity index (χ3v) is 11.0. The fraction of sp³-hybridized carbons (Fsp3) is 0.630. The largest absolute Gasteiger partial charge is 0.301 e. The zero-order valence-electron chi connectivity index (χ0n) is 22.3. The first-order chi connectivity index (χ1) is 17.4. The summed E-state index contributed by atoms with van der Waals surface area (Å²) >= 11 is 1.43. The number of thiazole rings is 1. The summed E-state index contributed by atoms with van der Waals surface area (Å²) in [5.41, 5.74) is 0.614. The van der Waals surface area contributed by atoms with Crippen molar-refractivity contribution < 1.29 is 17.6 Å². The molecule has 0 unspecified atom stereocenters. The molecule has 1 N–H and O–H groups in total. The zero-order chi connectivity index (χ0) is 26.8. The molecule has 2 aromatic rings. The molecule has 0 bridgehead atoms. The first-order valence-electron chi connectivity index (χ1n) is 13.1. The summed E-state index contributed by atoms with van der Waals surface area (Å²) in [6.07, 6.45) is 6.05. The van der Waals surface area contributed by atoms with Gasteiger partial charge in [0.05, 0.1) is 12.3 Å². The normalized spacial score (nSPS) is 20.4. The first-order valence-corrected chi connectivity index (χ1v) is 15.5. The van der Waals surface area contributed by atoms with Crippen molar-refractivity contribution in [2.24, 2.45) is 11.3 Å². The van der Waals surface area contributed by atoms with Crippen molar-refractivity contribution in [2.75, 3.05) is 37.2 Å². The number of hydrogen-bond donors (Lipinski definition) is 1. The molecule has 1 spiro atoms. The number of aromatic nitrogens is 1. The molecule has 1 amide bonds. The van der Waals surface area contributed by atoms with Gasteiger partial charge in [-0.1, -0.05) is 26.0 Å². The number of piperidine rings is 2. The molecule has 204 valence electrons. The van der Waals surface area contributed by atoms with Gasteiger partial charge in [0.25, 0.3) is 0 Å². The number of sulfonamides is 1. The Hall–Kier alpha value is -1.88. The smallest absolute Gasteiger partial charge is 0.240 e. The maximum absolute atomic E-state index is 13.2. The molecule has 0 radical (unpaired) electrons. The van der Waals surface area contributed by atoms with Gasteiger partial charge < -0.3 is 5.32 Å². The fourth-order valence-corrected chi connectivity index (χ4v) is 8.69. The fourth-order valence-electron chi connectivity index (χ4n) is 5.49. The van der Waals surface area contributed by atoms with Crippen LogP contribution in [-0.4, -0.2) is 66.0 Å². The van der Waals surface area contributed by atoms with Gasteiger partial charge in [0.15, 0.2) is 5.13 Å². The van der Waals surface area contributed by atoms with Gasteiger partial charge in [-0.05, 0) is 81.6 Å². The van der Waals surface area contributed by atoms with Crippen LogP contribution in [0.2, 0.25) is 0 Å². The molecule has 2 aliphatic heterocycles. The van der Waals surface area contributed by atoms with Gasteiger partial charge in [-0.2, -0.15) is 4.31 Å². The van der Waals surface area contributed by atoms with Crippen LogP contribution in [0.5, 0.6) is 0 Å². The average molecular weight is 551 g/mol. The summed E-state index contributed by atoms with van der Waals surface area (Å²) < 4.78 is 41.3. The van der Waals surface area contributed by atoms with Crippen molar-refractivity contribution in [1.29, 1.82) is 0 Å². The monoisotopic (exact) mass is 550 g/mol. The molecule has 2 fully saturated rings. The van der Waals surface area contributed by atoms with Gasteiger partial charge in [-0.15, -0.1) is 11.3 Å². The highest BCUT2D eigenvalue weighted by atomic mass is 32.2. The third kappa shape index (κ3) is 7.16. The number of halogens is 1. The molecule has 2 aliphatic rings. The van der Waals surface area contributed by atoms with E-state index in [0.29, 0.717) is 24.6 Å². The average Bonchev–Trinajstić information content (AvgIpc) is 3.24. The predicted octanol–water partition coefficient (Wildman–Crippen LogP) is 4.75. The minimum absolute atomic E-state index is 0.0168. The number of carbonyl (C=O) groups is 1. The molecule has 10 heteroatoms. The van der Waals surface area contributed by atoms with Crippen molar-refractivity contribution >= 4 is 32.4 Å². The van der Waals surface area contributed by atoms with Crippen molar-refractivity contribution in [3.05, 3.63) is 46.7 Å². The van der Waals surface area contributed by atoms with Crippen molar-refractivity contribution in [2.45, 2.75) is 65.3 Å². The molecular weight excluding hydrogens is 511 g/mol. The maximum atomic E-state index is 13.2. The summed E-state index contributed by atoms with van der Waals surface area (Å²) in [5.74, 6) is -0.0767. The van der Waals surface area contributed by atoms with E-state index in [4.69, 9.17) is 0 Å². The number of nitrogens with zero attached hydrogens (tertiary/aromatic N) is 3. The van der Waals surface area contributed by atoms with Gasteiger partial charge >= 0.3 is 0 Å². The lowest BCUT2D eigenvalue weighted by Crippen LogP contribution is -2.59. The van der Waals surface area contributed by atoms with Crippen molar-refractivity contribution in [3.63, 3.8) is 0 Å². The molecule has 1 aromatic heterocycles. The van der Waals surface area contributed by atoms with E-state index in [-0.39, 0.29) is 34.3 Å². The van der Waals surface area contributed by atoms with E-state index in [0.717, 1.165) is 49.2 Å². The molecule has 1 aromatic carbocycles. The Kier molecular flexibility index (Phi) is 8.43. The minimum Gasteiger partial charge on any atom is -0.301 e. The summed E-state index contributed by atoms with van der Waals surface area (Å²) in [7, 11) is -3.32. The predicted molar refractivity (Wildman–Crippen MR) is 147 cm³/mol. The third-order valence-electron chi connectivity index (χ3n) is 7.68. The number of rotatable bonds is 8. The maximum Gasteiger partial charge on any atom is 0.240 e. The number of anilines is 1. The topological polar surface area (TPSA) is 82.6 Å². The van der Waals surface area contributed by atoms with E-state index in [1.807, 2.05) is 27.7 Å². The number of likely N-dealkylation sites (tertiary alicyclic amines) is 1. The van der Waals surface area contributed by atoms with Crippen LogP contribution in [0.1, 0.15) is 63.8 Å². The van der Waals surface area contributed by atoms with E-state index in [9.17, 15) is 17.6 Å². The van der Waals surface area contributed by atoms with Crippen LogP contribution in [0.15, 0.2) is 30.5 Å². The molecule has 0 atom stereocenters. The Morgan fingerprint density at radius 2 is 1.81 bits per heavy atom. The lowest BCUT2D eigenvalue weighted by atomic mass is 9.69. The summed E-state index contributed by atoms with van der Waals surface area (Å²) in [4.78, 5) is 20.2. The standard InChI is InChI=1S/C27H39FN4O3S2/c1-20(2)18-37(34,35)32-19-27(10-9-26(32,3)4)11-13-31(14-12-27)17-24(33)30-25-29-16-23(36-25)15-21-5-7-22(28)8-6-21/h5-8,16,20H,9-15,17-19H2,1-4H3,(H,29,30,33). The second kappa shape index (κ2) is 11.1. The molecule has 3 heterocycles. The summed E-state index contributed by atoms with van der Waals surface area (Å²) in [6, 6.07) is 6.39. The van der Waals surface area contributed by atoms with Gasteiger partial charge in [0.1, 0.15) is 5.82 Å². The molecule has 7 nitrogen and oxygen atoms in total. The minimum atomic E-state index is -3.32. The second-order valence-corrected chi connectivity index (χ2v) is 14.8. The Labute approximate surface area is 224 Å². The van der Waals surface area contributed by atoms with Crippen molar-refractivity contribution in [1.82, 2.24) is 14.2 Å². The van der Waals surface area contributed by atoms with Crippen LogP contribution < -0.4 is 5.32 Å². The highest BCUT2D eigenvalue weighted by Gasteiger charge is 2.48. The van der Waals surface area contributed by atoms with E-state index < -0.39 is 10.0 Å². The number of amides is 1. The quantitative estimate of drug-likeness (QED) is 0.513. The van der Waals surface area contributed by atoms with Crippen LogP contribution in [-0.2, 0) is 21.2 Å². The molecule has 0 saturated carbocycles. The van der Waals surface area contributed by atoms with Gasteiger partial charge in [0, 0.05) is 29.6 Å². The van der Waals surface area contributed by atoms with Crippen LogP contribution in [0.4, 0.5) is 9.52 Å². The Morgan fingerprint density at radius 3 is 2.46 bits per heavy atom. The van der Waals surface area contributed by atoms with E-state index >= 15 is 0 Å². The van der Waals surface area contributed by atoms with E-state index in [1.165, 1.54) is 23.5 Å². The van der Waals surface area contributed by atoms with Gasteiger partial charge in [-0.3, -0.25) is 9.69 Å². The van der Waals surface area contributed by atoms with Crippen LogP contribution in [0.25, 0.3) is 0 Å². The van der Waals surface area contributed by atoms with Crippen LogP contribution >= 0.6 is 11.3 Å². The van der Waals surface area contributed by atoms with Gasteiger partial charge in [-0.25, -0.2) is 17.8 Å². The highest BCUT2D eigenvalue weighted by Crippen LogP contribution is 2.46. The molecule has 37 heavy (non-hydrogen) atoms. The Morgan fingerprint density at radius 1 is 1.14 bits per heavy atom. The van der Waals surface area contributed by atoms with Crippen molar-refractivity contribution in [3.8, 4) is 0 Å². The number of carbonyl (C=O) groups excluding carboxylic acids is 1. The number of nitrogens with one attached hydrogen (secondary N) is 1. The van der Waals surface area contributed by atoms with Gasteiger partial charge in [0.2, 0.25) is 15.9 Å². The Bertz CT molecular complexity index is 1190. The Balaban J connectivity index is 1.29. The molecular formula is C27H39FN4O3S2. The number of hydrogen-bond acceptors (Lipinski definition) is 6. The SMILES string of the molecule is CC(C)CS(=O)(=O)N1CC2(CCN(CC(=O)Nc3ncc(Cc4ccc(F)cc4)s3)CC2)CCC1(C)C. The highest BCUT2D eigenvalue weighted by molar-refractivity contribution is 7.89. The first kappa shape index (κ1) is 28.1. The summed E-state index contributed by atoms with van der Waals surface area (Å²) in [5, 5.41) is 3.48. The molecule has 2 saturated heterocycles. The molecule has 4 rings (SSSR count). The van der Waals surface area contributed by atoms with Crippen LogP contribution in [0, 0.1) is 17.2 Å². The molecule has 0 aliphatic carbocycles. The lowest BCUT2D eigenvalue weighted by Gasteiger charge is -2.53. The summed E-state index contributed by atoms with van der Waals surface area (Å²) in [6.45, 7) is 10.4. The number of benzene rings is 1. The second-order valence-electron chi connectivity index (χ2n) is 11.8.